The van der Waals surface area contributed by atoms with E-state index in [0.717, 1.165) is 44.2 Å². The van der Waals surface area contributed by atoms with Gasteiger partial charge in [-0.1, -0.05) is 74.0 Å². The van der Waals surface area contributed by atoms with Crippen LogP contribution in [0.15, 0.2) is 77.2 Å². The van der Waals surface area contributed by atoms with Crippen LogP contribution in [0.3, 0.4) is 0 Å². The molecule has 6 rings (SSSR count). The molecule has 5 aromatic rings. The first kappa shape index (κ1) is 20.1. The molecule has 0 amide bonds. The van der Waals surface area contributed by atoms with Crippen molar-refractivity contribution in [3.63, 3.8) is 0 Å². The number of carbonyl (C=O) groups is 1. The van der Waals surface area contributed by atoms with E-state index < -0.39 is 5.97 Å². The van der Waals surface area contributed by atoms with E-state index in [2.05, 4.69) is 50.2 Å². The Morgan fingerprint density at radius 1 is 0.879 bits per heavy atom. The third-order valence-electron chi connectivity index (χ3n) is 6.88. The summed E-state index contributed by atoms with van der Waals surface area (Å²) in [6, 6.07) is 24.3. The van der Waals surface area contributed by atoms with Crippen LogP contribution in [0.4, 0.5) is 0 Å². The summed E-state index contributed by atoms with van der Waals surface area (Å²) in [4.78, 5) is 12.4. The van der Waals surface area contributed by atoms with Crippen LogP contribution in [-0.4, -0.2) is 13.1 Å². The molecule has 0 bridgehead atoms. The van der Waals surface area contributed by atoms with Gasteiger partial charge in [0, 0.05) is 26.8 Å². The van der Waals surface area contributed by atoms with Crippen molar-refractivity contribution in [2.45, 2.75) is 19.3 Å². The highest BCUT2D eigenvalue weighted by atomic mass is 35.5. The number of benzene rings is 4. The molecule has 1 aliphatic carbocycles. The summed E-state index contributed by atoms with van der Waals surface area (Å²) in [6.07, 6.45) is 0. The van der Waals surface area contributed by atoms with Gasteiger partial charge in [0.2, 0.25) is 0 Å². The van der Waals surface area contributed by atoms with Gasteiger partial charge in [0.05, 0.1) is 12.7 Å². The third-order valence-corrected chi connectivity index (χ3v) is 7.12. The first-order valence-electron chi connectivity index (χ1n) is 10.9. The Balaban J connectivity index is 1.60. The molecule has 1 heterocycles. The second-order valence-corrected chi connectivity index (χ2v) is 9.47. The van der Waals surface area contributed by atoms with E-state index in [0.29, 0.717) is 10.6 Å². The lowest BCUT2D eigenvalue weighted by Crippen LogP contribution is -2.15. The van der Waals surface area contributed by atoms with E-state index in [-0.39, 0.29) is 5.41 Å². The number of carbonyl (C=O) groups excluding carboxylic acids is 1. The lowest BCUT2D eigenvalue weighted by Gasteiger charge is -2.22. The summed E-state index contributed by atoms with van der Waals surface area (Å²) >= 11 is 6.18. The molecule has 162 valence electrons. The molecule has 0 atom stereocenters. The maximum atomic E-state index is 12.4. The largest absolute Gasteiger partial charge is 0.465 e. The van der Waals surface area contributed by atoms with Gasteiger partial charge in [0.15, 0.2) is 0 Å². The highest BCUT2D eigenvalue weighted by Gasteiger charge is 2.38. The van der Waals surface area contributed by atoms with Crippen LogP contribution >= 0.6 is 11.6 Å². The predicted octanol–water partition coefficient (Wildman–Crippen LogP) is 8.00. The van der Waals surface area contributed by atoms with Crippen LogP contribution in [0.1, 0.15) is 35.3 Å². The fourth-order valence-electron chi connectivity index (χ4n) is 5.22. The molecule has 33 heavy (non-hydrogen) atoms. The molecule has 1 aromatic heterocycles. The first-order valence-corrected chi connectivity index (χ1v) is 11.3. The number of rotatable bonds is 2. The first-order chi connectivity index (χ1) is 15.9. The minimum atomic E-state index is -0.403. The molecular formula is C29H21ClO3. The van der Waals surface area contributed by atoms with Gasteiger partial charge < -0.3 is 9.15 Å². The maximum Gasteiger partial charge on any atom is 0.338 e. The topological polar surface area (TPSA) is 39.4 Å². The fraction of sp³-hybridized carbons (Fsp3) is 0.138. The van der Waals surface area contributed by atoms with Crippen molar-refractivity contribution in [3.05, 3.63) is 94.5 Å². The van der Waals surface area contributed by atoms with Crippen LogP contribution in [0, 0.1) is 0 Å². The molecule has 0 fully saturated rings. The summed E-state index contributed by atoms with van der Waals surface area (Å²) in [5, 5.41) is 2.75. The quantitative estimate of drug-likeness (QED) is 0.255. The van der Waals surface area contributed by atoms with Gasteiger partial charge in [0.1, 0.15) is 11.2 Å². The number of hydrogen-bond donors (Lipinski definition) is 0. The summed E-state index contributed by atoms with van der Waals surface area (Å²) in [6.45, 7) is 4.47. The highest BCUT2D eigenvalue weighted by molar-refractivity contribution is 6.31. The minimum Gasteiger partial charge on any atom is -0.465 e. The molecule has 0 N–H and O–H groups in total. The second kappa shape index (κ2) is 6.97. The number of hydrogen-bond acceptors (Lipinski definition) is 3. The summed E-state index contributed by atoms with van der Waals surface area (Å²) in [7, 11) is 1.38. The lowest BCUT2D eigenvalue weighted by molar-refractivity contribution is 0.0601. The number of para-hydroxylation sites is 1. The molecule has 3 nitrogen and oxygen atoms in total. The van der Waals surface area contributed by atoms with E-state index in [1.807, 2.05) is 24.3 Å². The molecule has 0 unspecified atom stereocenters. The van der Waals surface area contributed by atoms with Crippen molar-refractivity contribution in [2.75, 3.05) is 7.11 Å². The number of esters is 1. The molecule has 0 aliphatic heterocycles. The van der Waals surface area contributed by atoms with Gasteiger partial charge in [-0.2, -0.15) is 0 Å². The van der Waals surface area contributed by atoms with Crippen molar-refractivity contribution < 1.29 is 13.9 Å². The van der Waals surface area contributed by atoms with Crippen LogP contribution in [0.5, 0.6) is 0 Å². The Hall–Kier alpha value is -3.56. The van der Waals surface area contributed by atoms with Crippen LogP contribution < -0.4 is 0 Å². The Morgan fingerprint density at radius 3 is 2.48 bits per heavy atom. The summed E-state index contributed by atoms with van der Waals surface area (Å²) in [5.74, 6) is -0.403. The maximum absolute atomic E-state index is 12.4. The predicted molar refractivity (Wildman–Crippen MR) is 133 cm³/mol. The van der Waals surface area contributed by atoms with E-state index >= 15 is 0 Å². The Morgan fingerprint density at radius 2 is 1.67 bits per heavy atom. The zero-order valence-corrected chi connectivity index (χ0v) is 19.3. The van der Waals surface area contributed by atoms with Gasteiger partial charge in [0.25, 0.3) is 0 Å². The molecule has 0 saturated carbocycles. The SMILES string of the molecule is COC(=O)c1cc(Cl)ccc1-c1ccc2c(c1)C(C)(C)c1ccc3c(oc4ccccc43)c1-2. The van der Waals surface area contributed by atoms with E-state index in [1.165, 1.54) is 18.2 Å². The monoisotopic (exact) mass is 452 g/mol. The van der Waals surface area contributed by atoms with E-state index in [4.69, 9.17) is 20.8 Å². The number of halogens is 1. The minimum absolute atomic E-state index is 0.217. The molecule has 4 aromatic carbocycles. The molecular weight excluding hydrogens is 432 g/mol. The zero-order valence-electron chi connectivity index (χ0n) is 18.5. The van der Waals surface area contributed by atoms with Crippen LogP contribution in [0.25, 0.3) is 44.2 Å². The fourth-order valence-corrected chi connectivity index (χ4v) is 5.39. The van der Waals surface area contributed by atoms with Gasteiger partial charge in [-0.25, -0.2) is 4.79 Å². The van der Waals surface area contributed by atoms with E-state index in [1.54, 1.807) is 12.1 Å². The summed E-state index contributed by atoms with van der Waals surface area (Å²) in [5.41, 5.74) is 8.57. The number of fused-ring (bicyclic) bond motifs is 7. The van der Waals surface area contributed by atoms with Crippen molar-refractivity contribution in [1.29, 1.82) is 0 Å². The molecule has 1 aliphatic rings. The van der Waals surface area contributed by atoms with E-state index in [9.17, 15) is 4.79 Å². The van der Waals surface area contributed by atoms with Gasteiger partial charge in [-0.05, 0) is 52.1 Å². The van der Waals surface area contributed by atoms with Crippen LogP contribution in [-0.2, 0) is 10.2 Å². The normalized spacial score (nSPS) is 13.8. The van der Waals surface area contributed by atoms with Crippen molar-refractivity contribution >= 4 is 39.5 Å². The van der Waals surface area contributed by atoms with Gasteiger partial charge in [-0.15, -0.1) is 0 Å². The van der Waals surface area contributed by atoms with Gasteiger partial charge >= 0.3 is 5.97 Å². The van der Waals surface area contributed by atoms with Crippen molar-refractivity contribution in [1.82, 2.24) is 0 Å². The Bertz CT molecular complexity index is 1610. The molecule has 0 saturated heterocycles. The molecule has 4 heteroatoms. The van der Waals surface area contributed by atoms with Crippen LogP contribution in [0.2, 0.25) is 5.02 Å². The molecule has 0 spiro atoms. The zero-order chi connectivity index (χ0) is 22.9. The average molecular weight is 453 g/mol. The third kappa shape index (κ3) is 2.79. The number of methoxy groups -OCH3 is 1. The van der Waals surface area contributed by atoms with Crippen molar-refractivity contribution in [2.24, 2.45) is 0 Å². The molecule has 0 radical (unpaired) electrons. The highest BCUT2D eigenvalue weighted by Crippen LogP contribution is 2.53. The number of furan rings is 1. The van der Waals surface area contributed by atoms with Gasteiger partial charge in [-0.3, -0.25) is 0 Å². The second-order valence-electron chi connectivity index (χ2n) is 9.03. The Kier molecular flexibility index (Phi) is 4.24. The average Bonchev–Trinajstić information content (AvgIpc) is 3.31. The van der Waals surface area contributed by atoms with Crippen molar-refractivity contribution in [3.8, 4) is 22.3 Å². The Labute approximate surface area is 196 Å². The standard InChI is InChI=1S/C29H21ClO3/c1-29(2)23-13-12-20-19-6-4-5-7-25(19)33-27(20)26(23)21-10-8-16(14-24(21)29)18-11-9-17(30)15-22(18)28(31)32-3/h4-15H,1-3H3. The number of ether oxygens (including phenoxy) is 1. The lowest BCUT2D eigenvalue weighted by atomic mass is 9.81. The smallest absolute Gasteiger partial charge is 0.338 e. The summed E-state index contributed by atoms with van der Waals surface area (Å²) < 4.78 is 11.4.